The average molecular weight is 460 g/mol. The van der Waals surface area contributed by atoms with E-state index in [4.69, 9.17) is 23.2 Å². The van der Waals surface area contributed by atoms with Crippen LogP contribution in [0.4, 0.5) is 10.1 Å². The van der Waals surface area contributed by atoms with Crippen molar-refractivity contribution in [3.05, 3.63) is 62.3 Å². The summed E-state index contributed by atoms with van der Waals surface area (Å²) in [5.74, 6) is -0.788. The first-order valence-corrected chi connectivity index (χ1v) is 9.89. The molecule has 2 aromatic carbocycles. The zero-order valence-electron chi connectivity index (χ0n) is 13.9. The Balaban J connectivity index is 1.63. The Labute approximate surface area is 170 Å². The molecule has 1 unspecified atom stereocenters. The minimum Gasteiger partial charge on any atom is -0.323 e. The molecule has 0 radical (unpaired) electrons. The summed E-state index contributed by atoms with van der Waals surface area (Å²) >= 11 is 15.4. The Hall–Kier alpha value is -1.14. The number of anilines is 1. The van der Waals surface area contributed by atoms with Crippen molar-refractivity contribution in [2.24, 2.45) is 5.92 Å². The number of carbonyl (C=O) groups is 1. The molecule has 1 amide bonds. The number of amides is 1. The average Bonchev–Trinajstić information content (AvgIpc) is 2.60. The van der Waals surface area contributed by atoms with Crippen molar-refractivity contribution >= 4 is 50.7 Å². The van der Waals surface area contributed by atoms with Crippen LogP contribution in [0.5, 0.6) is 0 Å². The van der Waals surface area contributed by atoms with Crippen molar-refractivity contribution in [3.8, 4) is 0 Å². The van der Waals surface area contributed by atoms with Crippen LogP contribution >= 0.6 is 39.1 Å². The van der Waals surface area contributed by atoms with Crippen LogP contribution in [0.25, 0.3) is 0 Å². The quantitative estimate of drug-likeness (QED) is 0.631. The number of hydrogen-bond donors (Lipinski definition) is 1. The number of carbonyl (C=O) groups excluding carboxylic acids is 1. The Morgan fingerprint density at radius 2 is 2.08 bits per heavy atom. The van der Waals surface area contributed by atoms with Gasteiger partial charge in [-0.05, 0) is 55.3 Å². The molecule has 3 rings (SSSR count). The highest BCUT2D eigenvalue weighted by Crippen LogP contribution is 2.26. The minimum absolute atomic E-state index is 0.155. The number of likely N-dealkylation sites (tertiary alicyclic amines) is 1. The SMILES string of the molecule is O=C(Nc1ccc(Br)cc1F)C1CCCN(Cc2ccc(Cl)cc2Cl)C1. The highest BCUT2D eigenvalue weighted by molar-refractivity contribution is 9.10. The van der Waals surface area contributed by atoms with Crippen LogP contribution in [-0.4, -0.2) is 23.9 Å². The minimum atomic E-state index is -0.451. The van der Waals surface area contributed by atoms with E-state index in [1.54, 1.807) is 18.2 Å². The van der Waals surface area contributed by atoms with Gasteiger partial charge in [0.05, 0.1) is 11.6 Å². The first-order chi connectivity index (χ1) is 12.4. The third kappa shape index (κ3) is 4.97. The molecule has 26 heavy (non-hydrogen) atoms. The first-order valence-electron chi connectivity index (χ1n) is 8.34. The summed E-state index contributed by atoms with van der Waals surface area (Å²) in [5.41, 5.74) is 1.19. The Bertz CT molecular complexity index is 818. The van der Waals surface area contributed by atoms with Gasteiger partial charge in [-0.3, -0.25) is 9.69 Å². The van der Waals surface area contributed by atoms with E-state index in [2.05, 4.69) is 26.1 Å². The standard InChI is InChI=1S/C19H18BrCl2FN2O/c20-14-4-6-18(17(23)8-14)24-19(26)13-2-1-7-25(11-13)10-12-3-5-15(21)9-16(12)22/h3-6,8-9,13H,1-2,7,10-11H2,(H,24,26). The molecule has 138 valence electrons. The molecule has 0 bridgehead atoms. The van der Waals surface area contributed by atoms with Crippen molar-refractivity contribution in [1.29, 1.82) is 0 Å². The number of halogens is 4. The summed E-state index contributed by atoms with van der Waals surface area (Å²) in [5, 5.41) is 3.93. The fraction of sp³-hybridized carbons (Fsp3) is 0.316. The van der Waals surface area contributed by atoms with Gasteiger partial charge >= 0.3 is 0 Å². The largest absolute Gasteiger partial charge is 0.323 e. The Morgan fingerprint density at radius 1 is 1.27 bits per heavy atom. The lowest BCUT2D eigenvalue weighted by atomic mass is 9.96. The molecule has 1 atom stereocenters. The van der Waals surface area contributed by atoms with Crippen LogP contribution in [-0.2, 0) is 11.3 Å². The van der Waals surface area contributed by atoms with Crippen molar-refractivity contribution in [1.82, 2.24) is 4.90 Å². The van der Waals surface area contributed by atoms with E-state index in [1.165, 1.54) is 6.07 Å². The summed E-state index contributed by atoms with van der Waals surface area (Å²) in [6, 6.07) is 10.0. The molecule has 1 saturated heterocycles. The Kier molecular flexibility index (Phi) is 6.56. The van der Waals surface area contributed by atoms with Crippen molar-refractivity contribution in [2.45, 2.75) is 19.4 Å². The van der Waals surface area contributed by atoms with Crippen LogP contribution in [0.1, 0.15) is 18.4 Å². The molecule has 7 heteroatoms. The molecule has 0 saturated carbocycles. The molecule has 1 heterocycles. The number of rotatable bonds is 4. The fourth-order valence-electron chi connectivity index (χ4n) is 3.13. The summed E-state index contributed by atoms with van der Waals surface area (Å²) in [6.07, 6.45) is 1.70. The van der Waals surface area contributed by atoms with E-state index in [0.29, 0.717) is 27.6 Å². The maximum Gasteiger partial charge on any atom is 0.228 e. The highest BCUT2D eigenvalue weighted by atomic mass is 79.9. The molecule has 0 aromatic heterocycles. The van der Waals surface area contributed by atoms with Gasteiger partial charge in [-0.15, -0.1) is 0 Å². The predicted molar refractivity (Wildman–Crippen MR) is 107 cm³/mol. The molecule has 2 aromatic rings. The molecular weight excluding hydrogens is 442 g/mol. The first kappa shape index (κ1) is 19.6. The monoisotopic (exact) mass is 458 g/mol. The molecule has 1 aliphatic rings. The maximum absolute atomic E-state index is 13.9. The van der Waals surface area contributed by atoms with Gasteiger partial charge in [-0.1, -0.05) is 45.2 Å². The molecule has 1 fully saturated rings. The highest BCUT2D eigenvalue weighted by Gasteiger charge is 2.26. The van der Waals surface area contributed by atoms with Gasteiger partial charge in [0.15, 0.2) is 0 Å². The molecule has 0 spiro atoms. The van der Waals surface area contributed by atoms with E-state index >= 15 is 0 Å². The van der Waals surface area contributed by atoms with Crippen LogP contribution in [0, 0.1) is 11.7 Å². The number of nitrogens with one attached hydrogen (secondary N) is 1. The lowest BCUT2D eigenvalue weighted by molar-refractivity contribution is -0.121. The molecule has 0 aliphatic carbocycles. The third-order valence-electron chi connectivity index (χ3n) is 4.47. The number of benzene rings is 2. The van der Waals surface area contributed by atoms with E-state index in [0.717, 1.165) is 24.9 Å². The van der Waals surface area contributed by atoms with Gasteiger partial charge in [0.2, 0.25) is 5.91 Å². The van der Waals surface area contributed by atoms with Crippen LogP contribution in [0.2, 0.25) is 10.0 Å². The summed E-state index contributed by atoms with van der Waals surface area (Å²) < 4.78 is 14.6. The van der Waals surface area contributed by atoms with Crippen LogP contribution in [0.15, 0.2) is 40.9 Å². The molecule has 1 N–H and O–H groups in total. The van der Waals surface area contributed by atoms with Gasteiger partial charge in [-0.25, -0.2) is 4.39 Å². The van der Waals surface area contributed by atoms with Crippen LogP contribution in [0.3, 0.4) is 0 Å². The van der Waals surface area contributed by atoms with Crippen molar-refractivity contribution < 1.29 is 9.18 Å². The normalized spacial score (nSPS) is 17.9. The fourth-order valence-corrected chi connectivity index (χ4v) is 3.93. The smallest absolute Gasteiger partial charge is 0.228 e. The zero-order chi connectivity index (χ0) is 18.7. The lowest BCUT2D eigenvalue weighted by Crippen LogP contribution is -2.40. The predicted octanol–water partition coefficient (Wildman–Crippen LogP) is 5.75. The van der Waals surface area contributed by atoms with Gasteiger partial charge in [0.1, 0.15) is 5.82 Å². The van der Waals surface area contributed by atoms with Crippen molar-refractivity contribution in [2.75, 3.05) is 18.4 Å². The zero-order valence-corrected chi connectivity index (χ0v) is 17.0. The van der Waals surface area contributed by atoms with Gasteiger partial charge in [-0.2, -0.15) is 0 Å². The summed E-state index contributed by atoms with van der Waals surface area (Å²) in [6.45, 7) is 2.17. The van der Waals surface area contributed by atoms with E-state index < -0.39 is 5.82 Å². The lowest BCUT2D eigenvalue weighted by Gasteiger charge is -2.32. The second-order valence-corrected chi connectivity index (χ2v) is 8.18. The summed E-state index contributed by atoms with van der Waals surface area (Å²) in [7, 11) is 0. The van der Waals surface area contributed by atoms with E-state index in [-0.39, 0.29) is 17.5 Å². The number of piperidine rings is 1. The van der Waals surface area contributed by atoms with Gasteiger partial charge < -0.3 is 5.32 Å². The van der Waals surface area contributed by atoms with Gasteiger partial charge in [0, 0.05) is 27.6 Å². The summed E-state index contributed by atoms with van der Waals surface area (Å²) in [4.78, 5) is 14.7. The van der Waals surface area contributed by atoms with Crippen LogP contribution < -0.4 is 5.32 Å². The van der Waals surface area contributed by atoms with E-state index in [1.807, 2.05) is 12.1 Å². The third-order valence-corrected chi connectivity index (χ3v) is 5.55. The second-order valence-electron chi connectivity index (χ2n) is 6.42. The van der Waals surface area contributed by atoms with Crippen molar-refractivity contribution in [3.63, 3.8) is 0 Å². The number of hydrogen-bond acceptors (Lipinski definition) is 2. The molecule has 3 nitrogen and oxygen atoms in total. The number of nitrogens with zero attached hydrogens (tertiary/aromatic N) is 1. The topological polar surface area (TPSA) is 32.3 Å². The molecule has 1 aliphatic heterocycles. The maximum atomic E-state index is 13.9. The van der Waals surface area contributed by atoms with Gasteiger partial charge in [0.25, 0.3) is 0 Å². The van der Waals surface area contributed by atoms with E-state index in [9.17, 15) is 9.18 Å². The Morgan fingerprint density at radius 3 is 2.81 bits per heavy atom. The molecular formula is C19H18BrCl2FN2O. The second kappa shape index (κ2) is 8.70.